The highest BCUT2D eigenvalue weighted by Crippen LogP contribution is 2.33. The second-order valence-electron chi connectivity index (χ2n) is 7.94. The Morgan fingerprint density at radius 1 is 1.13 bits per heavy atom. The van der Waals surface area contributed by atoms with E-state index in [2.05, 4.69) is 34.5 Å². The van der Waals surface area contributed by atoms with Gasteiger partial charge in [-0.1, -0.05) is 48.8 Å². The van der Waals surface area contributed by atoms with E-state index in [0.29, 0.717) is 39.3 Å². The molecule has 1 amide bonds. The van der Waals surface area contributed by atoms with Crippen LogP contribution in [-0.2, 0) is 11.3 Å². The lowest BCUT2D eigenvalue weighted by Gasteiger charge is -2.16. The molecular formula is C21H26Cl2N6OS. The lowest BCUT2D eigenvalue weighted by Crippen LogP contribution is -2.25. The van der Waals surface area contributed by atoms with Gasteiger partial charge in [-0.15, -0.1) is 10.2 Å². The van der Waals surface area contributed by atoms with Crippen LogP contribution < -0.4 is 5.32 Å². The Morgan fingerprint density at radius 2 is 1.87 bits per heavy atom. The topological polar surface area (TPSA) is 77.6 Å². The van der Waals surface area contributed by atoms with E-state index in [4.69, 9.17) is 23.2 Å². The Labute approximate surface area is 196 Å². The van der Waals surface area contributed by atoms with Crippen molar-refractivity contribution in [3.8, 4) is 11.4 Å². The molecule has 0 aliphatic rings. The van der Waals surface area contributed by atoms with Gasteiger partial charge in [0.2, 0.25) is 5.91 Å². The minimum Gasteiger partial charge on any atom is -0.310 e. The fourth-order valence-corrected chi connectivity index (χ4v) is 4.39. The average molecular weight is 481 g/mol. The molecule has 1 aromatic carbocycles. The van der Waals surface area contributed by atoms with Crippen molar-refractivity contribution in [2.75, 3.05) is 5.32 Å². The predicted molar refractivity (Wildman–Crippen MR) is 127 cm³/mol. The molecule has 166 valence electrons. The Kier molecular flexibility index (Phi) is 7.67. The Hall–Kier alpha value is -2.03. The number of hydrogen-bond donors (Lipinski definition) is 1. The molecule has 31 heavy (non-hydrogen) atoms. The van der Waals surface area contributed by atoms with Crippen LogP contribution in [0.4, 0.5) is 5.82 Å². The highest BCUT2D eigenvalue weighted by molar-refractivity contribution is 8.00. The highest BCUT2D eigenvalue weighted by Gasteiger charge is 2.23. The first kappa shape index (κ1) is 23.6. The summed E-state index contributed by atoms with van der Waals surface area (Å²) in [6, 6.07) is 7.24. The number of aromatic nitrogens is 5. The summed E-state index contributed by atoms with van der Waals surface area (Å²) in [6.45, 7) is 10.8. The molecule has 0 spiro atoms. The molecular weight excluding hydrogens is 455 g/mol. The molecule has 3 rings (SSSR count). The molecule has 2 aromatic heterocycles. The molecule has 0 saturated carbocycles. The molecule has 1 atom stereocenters. The first-order chi connectivity index (χ1) is 14.7. The third-order valence-corrected chi connectivity index (χ3v) is 6.13. The van der Waals surface area contributed by atoms with Crippen LogP contribution in [-0.4, -0.2) is 35.7 Å². The van der Waals surface area contributed by atoms with Gasteiger partial charge < -0.3 is 9.88 Å². The van der Waals surface area contributed by atoms with Crippen molar-refractivity contribution in [2.45, 2.75) is 57.6 Å². The Bertz CT molecular complexity index is 1060. The van der Waals surface area contributed by atoms with Crippen LogP contribution >= 0.6 is 35.0 Å². The highest BCUT2D eigenvalue weighted by atomic mass is 35.5. The molecule has 0 aliphatic carbocycles. The van der Waals surface area contributed by atoms with Crippen molar-refractivity contribution < 1.29 is 4.79 Å². The number of carbonyl (C=O) groups excluding carboxylic acids is 1. The Balaban J connectivity index is 1.84. The van der Waals surface area contributed by atoms with Gasteiger partial charge in [-0.05, 0) is 44.9 Å². The third kappa shape index (κ3) is 5.61. The van der Waals surface area contributed by atoms with Gasteiger partial charge in [0.15, 0.2) is 11.0 Å². The fourth-order valence-electron chi connectivity index (χ4n) is 3.04. The van der Waals surface area contributed by atoms with E-state index < -0.39 is 0 Å². The second kappa shape index (κ2) is 10.1. The smallest absolute Gasteiger partial charge is 0.238 e. The van der Waals surface area contributed by atoms with Gasteiger partial charge in [0.1, 0.15) is 5.82 Å². The van der Waals surface area contributed by atoms with E-state index >= 15 is 0 Å². The number of thioether (sulfide) groups is 1. The van der Waals surface area contributed by atoms with E-state index in [9.17, 15) is 4.79 Å². The number of nitrogens with one attached hydrogen (secondary N) is 1. The molecule has 0 radical (unpaired) electrons. The van der Waals surface area contributed by atoms with Gasteiger partial charge in [0.05, 0.1) is 16.5 Å². The first-order valence-electron chi connectivity index (χ1n) is 10.1. The van der Waals surface area contributed by atoms with Gasteiger partial charge in [-0.2, -0.15) is 5.10 Å². The molecule has 10 heteroatoms. The number of hydrogen-bond acceptors (Lipinski definition) is 5. The molecule has 7 nitrogen and oxygen atoms in total. The summed E-state index contributed by atoms with van der Waals surface area (Å²) in [4.78, 5) is 12.8. The fraction of sp³-hybridized carbons (Fsp3) is 0.429. The maximum atomic E-state index is 12.8. The Morgan fingerprint density at radius 3 is 2.52 bits per heavy atom. The molecule has 0 bridgehead atoms. The zero-order valence-electron chi connectivity index (χ0n) is 18.1. The lowest BCUT2D eigenvalue weighted by atomic mass is 10.2. The SMILES string of the molecule is CC(C)Cn1c(SC(C)C(=O)Nc2ccnn2C(C)C)nnc1-c1ccc(Cl)cc1Cl. The number of carbonyl (C=O) groups is 1. The number of benzene rings is 1. The summed E-state index contributed by atoms with van der Waals surface area (Å²) in [5, 5.41) is 17.3. The van der Waals surface area contributed by atoms with Crippen molar-refractivity contribution in [1.29, 1.82) is 0 Å². The zero-order chi connectivity index (χ0) is 22.7. The standard InChI is InChI=1S/C21H26Cl2N6OS/c1-12(2)11-28-19(16-7-6-15(22)10-17(16)23)26-27-21(28)31-14(5)20(30)25-18-8-9-24-29(18)13(3)4/h6-10,12-14H,11H2,1-5H3,(H,25,30). The van der Waals surface area contributed by atoms with E-state index in [1.807, 2.05) is 31.4 Å². The summed E-state index contributed by atoms with van der Waals surface area (Å²) in [5.41, 5.74) is 0.754. The van der Waals surface area contributed by atoms with Crippen molar-refractivity contribution in [2.24, 2.45) is 5.92 Å². The zero-order valence-corrected chi connectivity index (χ0v) is 20.5. The van der Waals surface area contributed by atoms with Crippen LogP contribution in [0.1, 0.15) is 40.7 Å². The summed E-state index contributed by atoms with van der Waals surface area (Å²) >= 11 is 13.8. The number of nitrogens with zero attached hydrogens (tertiary/aromatic N) is 5. The molecule has 1 unspecified atom stereocenters. The molecule has 0 saturated heterocycles. The van der Waals surface area contributed by atoms with Gasteiger partial charge in [-0.3, -0.25) is 4.79 Å². The molecule has 0 fully saturated rings. The van der Waals surface area contributed by atoms with Crippen LogP contribution in [0.2, 0.25) is 10.0 Å². The van der Waals surface area contributed by atoms with E-state index in [1.165, 1.54) is 11.8 Å². The van der Waals surface area contributed by atoms with Gasteiger partial charge in [0, 0.05) is 29.2 Å². The van der Waals surface area contributed by atoms with E-state index in [0.717, 1.165) is 5.56 Å². The maximum Gasteiger partial charge on any atom is 0.238 e. The number of anilines is 1. The monoisotopic (exact) mass is 480 g/mol. The van der Waals surface area contributed by atoms with Crippen molar-refractivity contribution in [3.05, 3.63) is 40.5 Å². The number of rotatable bonds is 8. The normalized spacial score (nSPS) is 12.5. The number of halogens is 2. The van der Waals surface area contributed by atoms with Crippen molar-refractivity contribution in [1.82, 2.24) is 24.5 Å². The summed E-state index contributed by atoms with van der Waals surface area (Å²) in [5.74, 6) is 1.55. The molecule has 3 aromatic rings. The first-order valence-corrected chi connectivity index (χ1v) is 11.7. The predicted octanol–water partition coefficient (Wildman–Crippen LogP) is 5.80. The maximum absolute atomic E-state index is 12.8. The molecule has 0 aliphatic heterocycles. The third-order valence-electron chi connectivity index (χ3n) is 4.50. The number of amides is 1. The van der Waals surface area contributed by atoms with E-state index in [-0.39, 0.29) is 17.2 Å². The lowest BCUT2D eigenvalue weighted by molar-refractivity contribution is -0.115. The average Bonchev–Trinajstić information content (AvgIpc) is 3.29. The van der Waals surface area contributed by atoms with Crippen LogP contribution in [0.5, 0.6) is 0 Å². The van der Waals surface area contributed by atoms with E-state index in [1.54, 1.807) is 29.1 Å². The summed E-state index contributed by atoms with van der Waals surface area (Å²) in [7, 11) is 0. The van der Waals surface area contributed by atoms with Gasteiger partial charge >= 0.3 is 0 Å². The minimum atomic E-state index is -0.390. The molecule has 1 N–H and O–H groups in total. The minimum absolute atomic E-state index is 0.127. The summed E-state index contributed by atoms with van der Waals surface area (Å²) < 4.78 is 3.78. The summed E-state index contributed by atoms with van der Waals surface area (Å²) in [6.07, 6.45) is 1.68. The van der Waals surface area contributed by atoms with Crippen LogP contribution in [0.25, 0.3) is 11.4 Å². The quantitative estimate of drug-likeness (QED) is 0.411. The van der Waals surface area contributed by atoms with Crippen LogP contribution in [0, 0.1) is 5.92 Å². The van der Waals surface area contributed by atoms with Gasteiger partial charge in [-0.25, -0.2) is 4.68 Å². The van der Waals surface area contributed by atoms with Crippen LogP contribution in [0.15, 0.2) is 35.6 Å². The van der Waals surface area contributed by atoms with Crippen LogP contribution in [0.3, 0.4) is 0 Å². The second-order valence-corrected chi connectivity index (χ2v) is 10.1. The van der Waals surface area contributed by atoms with Crippen molar-refractivity contribution >= 4 is 46.7 Å². The van der Waals surface area contributed by atoms with Crippen molar-refractivity contribution in [3.63, 3.8) is 0 Å². The van der Waals surface area contributed by atoms with Gasteiger partial charge in [0.25, 0.3) is 0 Å². The molecule has 2 heterocycles. The largest absolute Gasteiger partial charge is 0.310 e.